The van der Waals surface area contributed by atoms with Gasteiger partial charge in [-0.3, -0.25) is 0 Å². The van der Waals surface area contributed by atoms with Gasteiger partial charge in [0, 0.05) is 10.3 Å². The number of hydrogen-bond acceptors (Lipinski definition) is 3. The molecule has 1 N–H and O–H groups in total. The van der Waals surface area contributed by atoms with Gasteiger partial charge in [-0.05, 0) is 17.0 Å². The molecule has 1 aromatic carbocycles. The summed E-state index contributed by atoms with van der Waals surface area (Å²) in [6.45, 7) is 6.56. The Hall–Kier alpha value is -1.26. The number of thiophene rings is 1. The van der Waals surface area contributed by atoms with Crippen molar-refractivity contribution in [2.45, 2.75) is 26.2 Å². The summed E-state index contributed by atoms with van der Waals surface area (Å²) in [6.07, 6.45) is 0. The SMILES string of the molecule is CC(C)(C)c1cc2c(s1)-c1ccccc1B(O)O2. The van der Waals surface area contributed by atoms with E-state index in [2.05, 4.69) is 26.8 Å². The van der Waals surface area contributed by atoms with Crippen LogP contribution in [0.1, 0.15) is 25.6 Å². The number of hydrogen-bond donors (Lipinski definition) is 1. The van der Waals surface area contributed by atoms with Crippen LogP contribution in [0.4, 0.5) is 0 Å². The maximum Gasteiger partial charge on any atom is 0.560 e. The van der Waals surface area contributed by atoms with Crippen molar-refractivity contribution >= 4 is 23.9 Å². The molecule has 0 aliphatic carbocycles. The van der Waals surface area contributed by atoms with Crippen molar-refractivity contribution in [3.8, 4) is 16.2 Å². The number of rotatable bonds is 0. The molecule has 3 rings (SSSR count). The van der Waals surface area contributed by atoms with Crippen LogP contribution in [-0.2, 0) is 5.41 Å². The van der Waals surface area contributed by atoms with E-state index in [9.17, 15) is 5.02 Å². The first-order chi connectivity index (χ1) is 8.47. The summed E-state index contributed by atoms with van der Waals surface area (Å²) in [7, 11) is -0.851. The Bertz CT molecular complexity index is 598. The van der Waals surface area contributed by atoms with Crippen LogP contribution in [-0.4, -0.2) is 12.1 Å². The molecule has 1 aliphatic heterocycles. The summed E-state index contributed by atoms with van der Waals surface area (Å²) >= 11 is 1.75. The summed E-state index contributed by atoms with van der Waals surface area (Å²) in [5.41, 5.74) is 2.05. The Labute approximate surface area is 111 Å². The van der Waals surface area contributed by atoms with Crippen molar-refractivity contribution in [2.24, 2.45) is 0 Å². The fraction of sp³-hybridized carbons (Fsp3) is 0.286. The Morgan fingerprint density at radius 1 is 1.22 bits per heavy atom. The fourth-order valence-corrected chi connectivity index (χ4v) is 3.32. The molecule has 0 saturated heterocycles. The molecule has 0 amide bonds. The van der Waals surface area contributed by atoms with Crippen LogP contribution < -0.4 is 10.1 Å². The van der Waals surface area contributed by atoms with Gasteiger partial charge in [0.1, 0.15) is 5.75 Å². The molecule has 2 nitrogen and oxygen atoms in total. The van der Waals surface area contributed by atoms with Crippen molar-refractivity contribution in [3.05, 3.63) is 35.2 Å². The molecule has 0 unspecified atom stereocenters. The maximum atomic E-state index is 10.0. The molecule has 2 heterocycles. The lowest BCUT2D eigenvalue weighted by Gasteiger charge is -2.19. The van der Waals surface area contributed by atoms with E-state index in [1.165, 1.54) is 4.88 Å². The van der Waals surface area contributed by atoms with Gasteiger partial charge in [0.25, 0.3) is 0 Å². The highest BCUT2D eigenvalue weighted by Gasteiger charge is 2.32. The second-order valence-electron chi connectivity index (χ2n) is 5.61. The summed E-state index contributed by atoms with van der Waals surface area (Å²) < 4.78 is 5.60. The van der Waals surface area contributed by atoms with Gasteiger partial charge in [0.05, 0.1) is 4.88 Å². The zero-order valence-corrected chi connectivity index (χ0v) is 11.5. The van der Waals surface area contributed by atoms with Crippen LogP contribution in [0.15, 0.2) is 30.3 Å². The van der Waals surface area contributed by atoms with Gasteiger partial charge < -0.3 is 9.68 Å². The Morgan fingerprint density at radius 2 is 1.94 bits per heavy atom. The van der Waals surface area contributed by atoms with E-state index in [0.29, 0.717) is 0 Å². The maximum absolute atomic E-state index is 10.0. The first kappa shape index (κ1) is 11.8. The topological polar surface area (TPSA) is 29.5 Å². The molecule has 0 bridgehead atoms. The lowest BCUT2D eigenvalue weighted by molar-refractivity contribution is 0.431. The highest BCUT2D eigenvalue weighted by Crippen LogP contribution is 2.44. The van der Waals surface area contributed by atoms with Crippen molar-refractivity contribution in [3.63, 3.8) is 0 Å². The second kappa shape index (κ2) is 3.87. The summed E-state index contributed by atoms with van der Waals surface area (Å²) in [5.74, 6) is 0.802. The smallest absolute Gasteiger partial charge is 0.531 e. The van der Waals surface area contributed by atoms with E-state index in [4.69, 9.17) is 4.65 Å². The quantitative estimate of drug-likeness (QED) is 0.736. The minimum absolute atomic E-state index is 0.102. The summed E-state index contributed by atoms with van der Waals surface area (Å²) in [5, 5.41) is 10.0. The normalized spacial score (nSPS) is 13.9. The Morgan fingerprint density at radius 3 is 2.67 bits per heavy atom. The second-order valence-corrected chi connectivity index (χ2v) is 6.66. The van der Waals surface area contributed by atoms with E-state index >= 15 is 0 Å². The minimum Gasteiger partial charge on any atom is -0.531 e. The van der Waals surface area contributed by atoms with Crippen molar-refractivity contribution in [1.82, 2.24) is 0 Å². The fourth-order valence-electron chi connectivity index (χ4n) is 2.12. The molecule has 0 atom stereocenters. The van der Waals surface area contributed by atoms with Crippen LogP contribution >= 0.6 is 11.3 Å². The summed E-state index contributed by atoms with van der Waals surface area (Å²) in [6, 6.07) is 9.94. The van der Waals surface area contributed by atoms with Crippen molar-refractivity contribution in [2.75, 3.05) is 0 Å². The molecule has 18 heavy (non-hydrogen) atoms. The molecule has 2 aromatic rings. The number of fused-ring (bicyclic) bond motifs is 3. The lowest BCUT2D eigenvalue weighted by Crippen LogP contribution is -2.40. The molecule has 0 radical (unpaired) electrons. The largest absolute Gasteiger partial charge is 0.560 e. The zero-order chi connectivity index (χ0) is 12.9. The molecule has 1 aliphatic rings. The molecule has 0 spiro atoms. The predicted molar refractivity (Wildman–Crippen MR) is 76.7 cm³/mol. The van der Waals surface area contributed by atoms with Crippen LogP contribution in [0.2, 0.25) is 0 Å². The van der Waals surface area contributed by atoms with Gasteiger partial charge in [0.15, 0.2) is 0 Å². The predicted octanol–water partition coefficient (Wildman–Crippen LogP) is 2.79. The van der Waals surface area contributed by atoms with Gasteiger partial charge in [0.2, 0.25) is 0 Å². The summed E-state index contributed by atoms with van der Waals surface area (Å²) in [4.78, 5) is 2.40. The third kappa shape index (κ3) is 1.76. The highest BCUT2D eigenvalue weighted by atomic mass is 32.1. The average Bonchev–Trinajstić information content (AvgIpc) is 2.73. The monoisotopic (exact) mass is 258 g/mol. The molecule has 92 valence electrons. The molecule has 0 fully saturated rings. The van der Waals surface area contributed by atoms with Gasteiger partial charge in [-0.15, -0.1) is 11.3 Å². The van der Waals surface area contributed by atoms with E-state index in [1.54, 1.807) is 11.3 Å². The van der Waals surface area contributed by atoms with Crippen LogP contribution in [0.25, 0.3) is 10.4 Å². The van der Waals surface area contributed by atoms with Gasteiger partial charge in [-0.1, -0.05) is 45.0 Å². The van der Waals surface area contributed by atoms with Crippen LogP contribution in [0, 0.1) is 0 Å². The van der Waals surface area contributed by atoms with Crippen molar-refractivity contribution < 1.29 is 9.68 Å². The van der Waals surface area contributed by atoms with Gasteiger partial charge in [-0.2, -0.15) is 0 Å². The first-order valence-electron chi connectivity index (χ1n) is 6.05. The van der Waals surface area contributed by atoms with E-state index in [1.807, 2.05) is 24.3 Å². The van der Waals surface area contributed by atoms with Crippen molar-refractivity contribution in [1.29, 1.82) is 0 Å². The third-order valence-electron chi connectivity index (χ3n) is 3.15. The van der Waals surface area contributed by atoms with Gasteiger partial charge in [-0.25, -0.2) is 0 Å². The zero-order valence-electron chi connectivity index (χ0n) is 10.7. The van der Waals surface area contributed by atoms with Crippen LogP contribution in [0.5, 0.6) is 5.75 Å². The van der Waals surface area contributed by atoms with E-state index in [-0.39, 0.29) is 5.41 Å². The molecule has 0 saturated carbocycles. The first-order valence-corrected chi connectivity index (χ1v) is 6.87. The standard InChI is InChI=1S/C14H15BO2S/c1-14(2,3)12-8-11-13(18-12)9-6-4-5-7-10(9)15(16)17-11/h4-8,16H,1-3H3. The molecule has 4 heteroatoms. The van der Waals surface area contributed by atoms with E-state index < -0.39 is 7.12 Å². The third-order valence-corrected chi connectivity index (χ3v) is 4.72. The van der Waals surface area contributed by atoms with Gasteiger partial charge >= 0.3 is 7.12 Å². The minimum atomic E-state index is -0.851. The Balaban J connectivity index is 2.19. The average molecular weight is 258 g/mol. The highest BCUT2D eigenvalue weighted by molar-refractivity contribution is 7.16. The number of benzene rings is 1. The Kier molecular flexibility index (Phi) is 2.54. The van der Waals surface area contributed by atoms with E-state index in [0.717, 1.165) is 21.7 Å². The van der Waals surface area contributed by atoms with Crippen LogP contribution in [0.3, 0.4) is 0 Å². The molecular formula is C14H15BO2S. The molecular weight excluding hydrogens is 243 g/mol. The lowest BCUT2D eigenvalue weighted by atomic mass is 9.74. The molecule has 1 aromatic heterocycles.